The molecule has 1 fully saturated rings. The van der Waals surface area contributed by atoms with Crippen LogP contribution in [0.25, 0.3) is 0 Å². The van der Waals surface area contributed by atoms with Crippen LogP contribution < -0.4 is 5.32 Å². The zero-order valence-corrected chi connectivity index (χ0v) is 12.3. The largest absolute Gasteiger partial charge is 0.300 e. The Balaban J connectivity index is 2.36. The van der Waals surface area contributed by atoms with Gasteiger partial charge in [0.1, 0.15) is 5.54 Å². The predicted molar refractivity (Wildman–Crippen MR) is 76.4 cm³/mol. The molecule has 1 unspecified atom stereocenters. The van der Waals surface area contributed by atoms with Crippen LogP contribution in [0.2, 0.25) is 0 Å². The highest BCUT2D eigenvalue weighted by molar-refractivity contribution is 5.06. The van der Waals surface area contributed by atoms with Gasteiger partial charge in [-0.3, -0.25) is 5.32 Å². The van der Waals surface area contributed by atoms with Gasteiger partial charge in [-0.05, 0) is 51.7 Å². The highest BCUT2D eigenvalue weighted by atomic mass is 15.2. The number of nitriles is 1. The third kappa shape index (κ3) is 4.96. The molecule has 0 aromatic heterocycles. The SMILES string of the molecule is CCCNC(C)(C#N)CN1CCC(CCC)CC1. The van der Waals surface area contributed by atoms with Gasteiger partial charge in [-0.1, -0.05) is 26.7 Å². The number of hydrogen-bond donors (Lipinski definition) is 1. The van der Waals surface area contributed by atoms with Gasteiger partial charge < -0.3 is 4.90 Å². The smallest absolute Gasteiger partial charge is 0.116 e. The fourth-order valence-electron chi connectivity index (χ4n) is 2.82. The lowest BCUT2D eigenvalue weighted by atomic mass is 9.91. The summed E-state index contributed by atoms with van der Waals surface area (Å²) >= 11 is 0. The summed E-state index contributed by atoms with van der Waals surface area (Å²) in [5, 5.41) is 12.7. The van der Waals surface area contributed by atoms with Gasteiger partial charge in [-0.25, -0.2) is 0 Å². The fourth-order valence-corrected chi connectivity index (χ4v) is 2.82. The van der Waals surface area contributed by atoms with Crippen LogP contribution >= 0.6 is 0 Å². The second kappa shape index (κ2) is 7.76. The summed E-state index contributed by atoms with van der Waals surface area (Å²) in [4.78, 5) is 2.46. The summed E-state index contributed by atoms with van der Waals surface area (Å²) in [6.45, 7) is 10.6. The average molecular weight is 251 g/mol. The molecule has 1 rings (SSSR count). The zero-order chi connectivity index (χ0) is 13.4. The normalized spacial score (nSPS) is 21.4. The lowest BCUT2D eigenvalue weighted by Crippen LogP contribution is -2.52. The third-order valence-electron chi connectivity index (χ3n) is 3.96. The van der Waals surface area contributed by atoms with E-state index in [9.17, 15) is 5.26 Å². The summed E-state index contributed by atoms with van der Waals surface area (Å²) in [5.41, 5.74) is -0.381. The summed E-state index contributed by atoms with van der Waals surface area (Å²) in [5.74, 6) is 0.920. The van der Waals surface area contributed by atoms with Gasteiger partial charge in [0, 0.05) is 6.54 Å². The van der Waals surface area contributed by atoms with E-state index in [2.05, 4.69) is 30.1 Å². The van der Waals surface area contributed by atoms with Gasteiger partial charge in [0.2, 0.25) is 0 Å². The summed E-state index contributed by atoms with van der Waals surface area (Å²) < 4.78 is 0. The molecule has 18 heavy (non-hydrogen) atoms. The van der Waals surface area contributed by atoms with E-state index in [1.54, 1.807) is 0 Å². The van der Waals surface area contributed by atoms with E-state index < -0.39 is 0 Å². The van der Waals surface area contributed by atoms with Crippen molar-refractivity contribution in [3.05, 3.63) is 0 Å². The summed E-state index contributed by atoms with van der Waals surface area (Å²) in [6.07, 6.45) is 6.37. The molecule has 1 N–H and O–H groups in total. The van der Waals surface area contributed by atoms with Crippen LogP contribution in [-0.4, -0.2) is 36.6 Å². The minimum atomic E-state index is -0.381. The van der Waals surface area contributed by atoms with E-state index in [0.717, 1.165) is 38.5 Å². The van der Waals surface area contributed by atoms with Gasteiger partial charge in [-0.15, -0.1) is 0 Å². The van der Waals surface area contributed by atoms with E-state index in [0.29, 0.717) is 0 Å². The maximum atomic E-state index is 9.34. The van der Waals surface area contributed by atoms with Crippen molar-refractivity contribution >= 4 is 0 Å². The van der Waals surface area contributed by atoms with Gasteiger partial charge in [0.15, 0.2) is 0 Å². The molecule has 0 spiro atoms. The molecular formula is C15H29N3. The number of hydrogen-bond acceptors (Lipinski definition) is 3. The number of nitrogens with zero attached hydrogens (tertiary/aromatic N) is 2. The van der Waals surface area contributed by atoms with E-state index in [1.807, 2.05) is 6.92 Å². The Morgan fingerprint density at radius 3 is 2.44 bits per heavy atom. The first-order chi connectivity index (χ1) is 8.63. The minimum Gasteiger partial charge on any atom is -0.300 e. The van der Waals surface area contributed by atoms with E-state index >= 15 is 0 Å². The van der Waals surface area contributed by atoms with E-state index in [-0.39, 0.29) is 5.54 Å². The van der Waals surface area contributed by atoms with Crippen LogP contribution in [0, 0.1) is 17.2 Å². The van der Waals surface area contributed by atoms with Crippen LogP contribution in [0.1, 0.15) is 52.9 Å². The third-order valence-corrected chi connectivity index (χ3v) is 3.96. The topological polar surface area (TPSA) is 39.1 Å². The second-order valence-corrected chi connectivity index (χ2v) is 5.88. The molecule has 1 aliphatic heterocycles. The van der Waals surface area contributed by atoms with Crippen molar-refractivity contribution in [3.8, 4) is 6.07 Å². The lowest BCUT2D eigenvalue weighted by molar-refractivity contribution is 0.151. The Labute approximate surface area is 113 Å². The summed E-state index contributed by atoms with van der Waals surface area (Å²) in [6, 6.07) is 2.44. The Hall–Kier alpha value is -0.590. The van der Waals surface area contributed by atoms with E-state index in [1.165, 1.54) is 25.7 Å². The van der Waals surface area contributed by atoms with Gasteiger partial charge in [-0.2, -0.15) is 5.26 Å². The van der Waals surface area contributed by atoms with Gasteiger partial charge in [0.05, 0.1) is 6.07 Å². The minimum absolute atomic E-state index is 0.381. The summed E-state index contributed by atoms with van der Waals surface area (Å²) in [7, 11) is 0. The van der Waals surface area contributed by atoms with Crippen LogP contribution in [-0.2, 0) is 0 Å². The Morgan fingerprint density at radius 2 is 1.94 bits per heavy atom. The molecule has 0 amide bonds. The number of rotatable bonds is 7. The quantitative estimate of drug-likeness (QED) is 0.756. The maximum Gasteiger partial charge on any atom is 0.116 e. The first-order valence-corrected chi connectivity index (χ1v) is 7.52. The fraction of sp³-hybridized carbons (Fsp3) is 0.933. The standard InChI is InChI=1S/C15H29N3/c1-4-6-14-7-10-18(11-8-14)13-15(3,12-16)17-9-5-2/h14,17H,4-11,13H2,1-3H3. The van der Waals surface area contributed by atoms with Crippen molar-refractivity contribution in [2.45, 2.75) is 58.4 Å². The molecular weight excluding hydrogens is 222 g/mol. The molecule has 104 valence electrons. The van der Waals surface area contributed by atoms with Crippen molar-refractivity contribution in [3.63, 3.8) is 0 Å². The van der Waals surface area contributed by atoms with E-state index in [4.69, 9.17) is 0 Å². The van der Waals surface area contributed by atoms with Crippen molar-refractivity contribution in [2.24, 2.45) is 5.92 Å². The Kier molecular flexibility index (Phi) is 6.67. The van der Waals surface area contributed by atoms with Crippen LogP contribution in [0.15, 0.2) is 0 Å². The van der Waals surface area contributed by atoms with Crippen molar-refractivity contribution in [1.29, 1.82) is 5.26 Å². The maximum absolute atomic E-state index is 9.34. The molecule has 0 saturated carbocycles. The monoisotopic (exact) mass is 251 g/mol. The van der Waals surface area contributed by atoms with Crippen molar-refractivity contribution in [1.82, 2.24) is 10.2 Å². The molecule has 0 radical (unpaired) electrons. The molecule has 0 aliphatic carbocycles. The van der Waals surface area contributed by atoms with Crippen LogP contribution in [0.4, 0.5) is 0 Å². The van der Waals surface area contributed by atoms with Crippen molar-refractivity contribution in [2.75, 3.05) is 26.2 Å². The molecule has 3 heteroatoms. The highest BCUT2D eigenvalue weighted by Crippen LogP contribution is 2.22. The highest BCUT2D eigenvalue weighted by Gasteiger charge is 2.28. The second-order valence-electron chi connectivity index (χ2n) is 5.88. The zero-order valence-electron chi connectivity index (χ0n) is 12.3. The van der Waals surface area contributed by atoms with Crippen LogP contribution in [0.3, 0.4) is 0 Å². The predicted octanol–water partition coefficient (Wildman–Crippen LogP) is 2.78. The Morgan fingerprint density at radius 1 is 1.28 bits per heavy atom. The number of piperidine rings is 1. The van der Waals surface area contributed by atoms with Gasteiger partial charge in [0.25, 0.3) is 0 Å². The van der Waals surface area contributed by atoms with Gasteiger partial charge >= 0.3 is 0 Å². The average Bonchev–Trinajstić information content (AvgIpc) is 2.39. The number of likely N-dealkylation sites (tertiary alicyclic amines) is 1. The molecule has 0 aromatic rings. The lowest BCUT2D eigenvalue weighted by Gasteiger charge is -2.36. The van der Waals surface area contributed by atoms with Crippen LogP contribution in [0.5, 0.6) is 0 Å². The molecule has 1 atom stereocenters. The molecule has 0 bridgehead atoms. The first-order valence-electron chi connectivity index (χ1n) is 7.52. The molecule has 1 aliphatic rings. The van der Waals surface area contributed by atoms with Crippen molar-refractivity contribution < 1.29 is 0 Å². The Bertz CT molecular complexity index is 263. The molecule has 1 saturated heterocycles. The molecule has 3 nitrogen and oxygen atoms in total. The molecule has 1 heterocycles. The first kappa shape index (κ1) is 15.5. The molecule has 0 aromatic carbocycles. The number of nitrogens with one attached hydrogen (secondary N) is 1.